The van der Waals surface area contributed by atoms with Crippen molar-refractivity contribution in [2.75, 3.05) is 18.8 Å². The molecule has 0 amide bonds. The van der Waals surface area contributed by atoms with Gasteiger partial charge >= 0.3 is 0 Å². The maximum Gasteiger partial charge on any atom is 0.102 e. The van der Waals surface area contributed by atoms with Gasteiger partial charge in [0.25, 0.3) is 0 Å². The lowest BCUT2D eigenvalue weighted by atomic mass is 10.2. The molecular formula is C6H14OS2. The molecule has 0 heterocycles. The fourth-order valence-corrected chi connectivity index (χ4v) is 1.12. The molecule has 0 radical (unpaired) electrons. The number of ether oxygens (including phenoxy) is 1. The van der Waals surface area contributed by atoms with Gasteiger partial charge in [0, 0.05) is 0 Å². The highest BCUT2D eigenvalue weighted by molar-refractivity contribution is 8.76. The van der Waals surface area contributed by atoms with Crippen molar-refractivity contribution in [3.63, 3.8) is 0 Å². The standard InChI is InChI=1S/C6H14OS2/c1-6(2)4-7-5-9-8-3/h6H,4-5H2,1-3H3. The van der Waals surface area contributed by atoms with Crippen molar-refractivity contribution in [3.8, 4) is 0 Å². The summed E-state index contributed by atoms with van der Waals surface area (Å²) in [5, 5.41) is 0. The van der Waals surface area contributed by atoms with Gasteiger partial charge in [-0.2, -0.15) is 0 Å². The molecule has 56 valence electrons. The molecule has 0 saturated carbocycles. The van der Waals surface area contributed by atoms with Crippen molar-refractivity contribution in [1.82, 2.24) is 0 Å². The molecule has 0 spiro atoms. The third kappa shape index (κ3) is 8.66. The van der Waals surface area contributed by atoms with Crippen LogP contribution in [0.25, 0.3) is 0 Å². The lowest BCUT2D eigenvalue weighted by molar-refractivity contribution is 0.153. The molecule has 0 atom stereocenters. The zero-order valence-electron chi connectivity index (χ0n) is 6.22. The van der Waals surface area contributed by atoms with Gasteiger partial charge in [-0.05, 0) is 12.2 Å². The Bertz CT molecular complexity index is 57.0. The first kappa shape index (κ1) is 9.66. The second-order valence-corrected chi connectivity index (χ2v) is 4.68. The largest absolute Gasteiger partial charge is 0.370 e. The third-order valence-electron chi connectivity index (χ3n) is 0.700. The van der Waals surface area contributed by atoms with E-state index in [1.54, 1.807) is 21.6 Å². The van der Waals surface area contributed by atoms with E-state index in [0.29, 0.717) is 5.92 Å². The molecule has 0 saturated heterocycles. The Kier molecular flexibility index (Phi) is 7.27. The Morgan fingerprint density at radius 1 is 1.44 bits per heavy atom. The van der Waals surface area contributed by atoms with Crippen LogP contribution in [0.5, 0.6) is 0 Å². The van der Waals surface area contributed by atoms with Crippen molar-refractivity contribution in [1.29, 1.82) is 0 Å². The van der Waals surface area contributed by atoms with Crippen LogP contribution in [0.4, 0.5) is 0 Å². The minimum absolute atomic E-state index is 0.660. The van der Waals surface area contributed by atoms with Gasteiger partial charge in [-0.1, -0.05) is 35.4 Å². The molecule has 0 aromatic carbocycles. The fourth-order valence-electron chi connectivity index (χ4n) is 0.366. The maximum absolute atomic E-state index is 5.28. The van der Waals surface area contributed by atoms with Gasteiger partial charge in [0.05, 0.1) is 6.61 Å². The SMILES string of the molecule is CSSCOCC(C)C. The van der Waals surface area contributed by atoms with E-state index in [9.17, 15) is 0 Å². The number of hydrogen-bond donors (Lipinski definition) is 0. The first-order valence-corrected chi connectivity index (χ1v) is 5.73. The van der Waals surface area contributed by atoms with E-state index in [4.69, 9.17) is 4.74 Å². The van der Waals surface area contributed by atoms with Crippen LogP contribution in [0.1, 0.15) is 13.8 Å². The van der Waals surface area contributed by atoms with Gasteiger partial charge in [0.15, 0.2) is 0 Å². The zero-order chi connectivity index (χ0) is 7.11. The average Bonchev–Trinajstić information content (AvgIpc) is 1.80. The Morgan fingerprint density at radius 3 is 2.56 bits per heavy atom. The molecule has 0 N–H and O–H groups in total. The highest BCUT2D eigenvalue weighted by Gasteiger charge is 1.91. The summed E-state index contributed by atoms with van der Waals surface area (Å²) in [7, 11) is 3.49. The Balaban J connectivity index is 2.75. The second kappa shape index (κ2) is 6.78. The normalized spacial score (nSPS) is 10.7. The molecule has 0 aliphatic carbocycles. The van der Waals surface area contributed by atoms with Crippen molar-refractivity contribution >= 4 is 21.6 Å². The number of rotatable bonds is 5. The lowest BCUT2D eigenvalue weighted by Gasteiger charge is -2.03. The van der Waals surface area contributed by atoms with Crippen molar-refractivity contribution in [2.24, 2.45) is 5.92 Å². The van der Waals surface area contributed by atoms with Crippen LogP contribution < -0.4 is 0 Å². The van der Waals surface area contributed by atoms with E-state index in [1.807, 2.05) is 0 Å². The van der Waals surface area contributed by atoms with Gasteiger partial charge in [0.2, 0.25) is 0 Å². The zero-order valence-corrected chi connectivity index (χ0v) is 7.85. The van der Waals surface area contributed by atoms with E-state index in [-0.39, 0.29) is 0 Å². The maximum atomic E-state index is 5.28. The predicted octanol–water partition coefficient (Wildman–Crippen LogP) is 2.63. The smallest absolute Gasteiger partial charge is 0.102 e. The molecule has 0 fully saturated rings. The van der Waals surface area contributed by atoms with Crippen molar-refractivity contribution < 1.29 is 4.74 Å². The molecule has 0 aromatic rings. The van der Waals surface area contributed by atoms with Crippen LogP contribution in [-0.2, 0) is 4.74 Å². The van der Waals surface area contributed by atoms with E-state index in [2.05, 4.69) is 20.1 Å². The molecule has 3 heteroatoms. The second-order valence-electron chi connectivity index (χ2n) is 2.17. The average molecular weight is 166 g/mol. The molecule has 9 heavy (non-hydrogen) atoms. The number of hydrogen-bond acceptors (Lipinski definition) is 3. The topological polar surface area (TPSA) is 9.23 Å². The minimum atomic E-state index is 0.660. The first-order chi connectivity index (χ1) is 4.27. The van der Waals surface area contributed by atoms with Gasteiger partial charge in [-0.3, -0.25) is 0 Å². The summed E-state index contributed by atoms with van der Waals surface area (Å²) in [5.41, 5.74) is 0. The third-order valence-corrected chi connectivity index (χ3v) is 2.19. The van der Waals surface area contributed by atoms with Crippen molar-refractivity contribution in [3.05, 3.63) is 0 Å². The highest BCUT2D eigenvalue weighted by Crippen LogP contribution is 2.16. The van der Waals surface area contributed by atoms with Gasteiger partial charge in [-0.25, -0.2) is 0 Å². The molecule has 0 aromatic heterocycles. The Labute approximate surface area is 65.3 Å². The van der Waals surface area contributed by atoms with Crippen LogP contribution in [-0.4, -0.2) is 18.8 Å². The quantitative estimate of drug-likeness (QED) is 0.353. The molecule has 0 aliphatic heterocycles. The summed E-state index contributed by atoms with van der Waals surface area (Å²) in [6.45, 7) is 5.20. The summed E-state index contributed by atoms with van der Waals surface area (Å²) in [6.07, 6.45) is 2.06. The van der Waals surface area contributed by atoms with E-state index in [1.165, 1.54) is 0 Å². The highest BCUT2D eigenvalue weighted by atomic mass is 33.1. The molecule has 0 rings (SSSR count). The Morgan fingerprint density at radius 2 is 2.11 bits per heavy atom. The lowest BCUT2D eigenvalue weighted by Crippen LogP contribution is -1.99. The van der Waals surface area contributed by atoms with Gasteiger partial charge < -0.3 is 4.74 Å². The molecule has 0 aliphatic rings. The van der Waals surface area contributed by atoms with Crippen molar-refractivity contribution in [2.45, 2.75) is 13.8 Å². The van der Waals surface area contributed by atoms with E-state index >= 15 is 0 Å². The molecule has 1 nitrogen and oxygen atoms in total. The molecular weight excluding hydrogens is 152 g/mol. The van der Waals surface area contributed by atoms with E-state index < -0.39 is 0 Å². The summed E-state index contributed by atoms with van der Waals surface area (Å²) >= 11 is 0. The molecule has 0 unspecified atom stereocenters. The minimum Gasteiger partial charge on any atom is -0.370 e. The summed E-state index contributed by atoms with van der Waals surface area (Å²) in [4.78, 5) is 0. The summed E-state index contributed by atoms with van der Waals surface area (Å²) in [5.74, 6) is 1.48. The fraction of sp³-hybridized carbons (Fsp3) is 1.00. The predicted molar refractivity (Wildman–Crippen MR) is 46.8 cm³/mol. The van der Waals surface area contributed by atoms with Gasteiger partial charge in [-0.15, -0.1) is 0 Å². The Hall–Kier alpha value is 0.660. The van der Waals surface area contributed by atoms with Crippen LogP contribution in [0.3, 0.4) is 0 Å². The summed E-state index contributed by atoms with van der Waals surface area (Å²) in [6, 6.07) is 0. The van der Waals surface area contributed by atoms with Gasteiger partial charge in [0.1, 0.15) is 5.94 Å². The van der Waals surface area contributed by atoms with Crippen LogP contribution in [0.15, 0.2) is 0 Å². The van der Waals surface area contributed by atoms with E-state index in [0.717, 1.165) is 12.5 Å². The van der Waals surface area contributed by atoms with Crippen LogP contribution in [0.2, 0.25) is 0 Å². The van der Waals surface area contributed by atoms with Crippen LogP contribution >= 0.6 is 21.6 Å². The van der Waals surface area contributed by atoms with Crippen LogP contribution in [0, 0.1) is 5.92 Å². The summed E-state index contributed by atoms with van der Waals surface area (Å²) < 4.78 is 5.28. The molecule has 0 bridgehead atoms. The monoisotopic (exact) mass is 166 g/mol. The first-order valence-electron chi connectivity index (χ1n) is 3.00.